The van der Waals surface area contributed by atoms with Crippen molar-refractivity contribution in [3.8, 4) is 0 Å². The van der Waals surface area contributed by atoms with Crippen molar-refractivity contribution >= 4 is 27.3 Å². The smallest absolute Gasteiger partial charge is 0.337 e. The van der Waals surface area contributed by atoms with Gasteiger partial charge in [0.05, 0.1) is 18.7 Å². The highest BCUT2D eigenvalue weighted by Gasteiger charge is 2.36. The Kier molecular flexibility index (Phi) is 6.45. The molecule has 7 heteroatoms. The van der Waals surface area contributed by atoms with E-state index in [0.29, 0.717) is 23.4 Å². The van der Waals surface area contributed by atoms with Crippen molar-refractivity contribution in [3.63, 3.8) is 0 Å². The molecule has 0 bridgehead atoms. The average molecular weight is 430 g/mol. The summed E-state index contributed by atoms with van der Waals surface area (Å²) < 4.78 is 33.9. The molecular weight excluding hydrogens is 400 g/mol. The zero-order valence-electron chi connectivity index (χ0n) is 18.1. The molecule has 160 valence electrons. The molecular formula is C23H29N2O4S+. The number of methoxy groups -OCH3 is 1. The van der Waals surface area contributed by atoms with Gasteiger partial charge >= 0.3 is 16.4 Å². The van der Waals surface area contributed by atoms with E-state index in [4.69, 9.17) is 4.74 Å². The molecule has 0 aliphatic carbocycles. The van der Waals surface area contributed by atoms with Crippen LogP contribution >= 0.6 is 0 Å². The Balaban J connectivity index is 1.85. The average Bonchev–Trinajstić information content (AvgIpc) is 3.07. The number of aromatic nitrogens is 1. The number of benzene rings is 2. The van der Waals surface area contributed by atoms with Crippen molar-refractivity contribution in [2.75, 3.05) is 7.11 Å². The van der Waals surface area contributed by atoms with Gasteiger partial charge < -0.3 is 9.30 Å². The maximum absolute atomic E-state index is 13.2. The molecule has 0 aliphatic heterocycles. The Labute approximate surface area is 178 Å². The number of fused-ring (bicyclic) bond motifs is 1. The largest absolute Gasteiger partial charge is 0.465 e. The molecule has 0 spiro atoms. The van der Waals surface area contributed by atoms with Gasteiger partial charge in [-0.25, -0.2) is 4.79 Å². The van der Waals surface area contributed by atoms with Crippen LogP contribution in [0, 0.1) is 20.8 Å². The first-order valence-electron chi connectivity index (χ1n) is 9.95. The fraction of sp³-hybridized carbons (Fsp3) is 0.348. The summed E-state index contributed by atoms with van der Waals surface area (Å²) in [5.74, 6) is -0.374. The maximum atomic E-state index is 13.2. The first-order valence-corrected chi connectivity index (χ1v) is 11.5. The Morgan fingerprint density at radius 3 is 2.43 bits per heavy atom. The molecule has 0 saturated carbocycles. The Morgan fingerprint density at radius 1 is 1.17 bits per heavy atom. The molecule has 2 aromatic carbocycles. The van der Waals surface area contributed by atoms with Crippen LogP contribution in [0.4, 0.5) is 0 Å². The molecule has 1 unspecified atom stereocenters. The summed E-state index contributed by atoms with van der Waals surface area (Å²) in [5, 5.41) is 0.919. The second kappa shape index (κ2) is 8.71. The molecule has 0 radical (unpaired) electrons. The highest BCUT2D eigenvalue weighted by atomic mass is 32.3. The van der Waals surface area contributed by atoms with Gasteiger partial charge in [0.15, 0.2) is 0 Å². The zero-order chi connectivity index (χ0) is 22.1. The number of hydrogen-bond donors (Lipinski definition) is 2. The van der Waals surface area contributed by atoms with Gasteiger partial charge in [-0.05, 0) is 55.7 Å². The van der Waals surface area contributed by atoms with E-state index in [1.807, 2.05) is 62.7 Å². The van der Waals surface area contributed by atoms with Crippen molar-refractivity contribution in [1.29, 1.82) is 0 Å². The van der Waals surface area contributed by atoms with Crippen LogP contribution in [-0.4, -0.2) is 28.2 Å². The number of rotatable bonds is 7. The Bertz CT molecular complexity index is 1110. The van der Waals surface area contributed by atoms with Gasteiger partial charge in [0.25, 0.3) is 0 Å². The zero-order valence-corrected chi connectivity index (χ0v) is 18.9. The van der Waals surface area contributed by atoms with Gasteiger partial charge in [-0.2, -0.15) is 4.55 Å². The van der Waals surface area contributed by atoms with Gasteiger partial charge in [0.1, 0.15) is 0 Å². The summed E-state index contributed by atoms with van der Waals surface area (Å²) in [6.07, 6.45) is 2.61. The fourth-order valence-electron chi connectivity index (χ4n) is 3.98. The van der Waals surface area contributed by atoms with E-state index in [0.717, 1.165) is 27.6 Å². The summed E-state index contributed by atoms with van der Waals surface area (Å²) in [7, 11) is -2.04. The predicted molar refractivity (Wildman–Crippen MR) is 120 cm³/mol. The van der Waals surface area contributed by atoms with Crippen molar-refractivity contribution in [1.82, 2.24) is 9.29 Å². The van der Waals surface area contributed by atoms with E-state index in [2.05, 4.69) is 4.72 Å². The number of carbonyl (C=O) groups is 1. The van der Waals surface area contributed by atoms with Crippen LogP contribution in [0.5, 0.6) is 0 Å². The standard InChI is InChI=1S/C23H28N2O4S/c1-6-20(24-30(27,28)22-16(3)11-15(2)12-17(22)4)14-25-10-9-18-13-19(23(26)29-5)7-8-21(18)25/h7-13,20H,6,14H2,1-5H3,(H-,24,27,28)/p+1/t20-/m0/s1. The number of carbonyl (C=O) groups excluding carboxylic acids is 1. The molecule has 6 nitrogen and oxygen atoms in total. The highest BCUT2D eigenvalue weighted by Crippen LogP contribution is 2.26. The summed E-state index contributed by atoms with van der Waals surface area (Å²) in [4.78, 5) is 12.2. The minimum absolute atomic E-state index is 0.210. The molecule has 2 N–H and O–H groups in total. The van der Waals surface area contributed by atoms with E-state index in [9.17, 15) is 13.6 Å². The van der Waals surface area contributed by atoms with Crippen LogP contribution in [0.15, 0.2) is 47.5 Å². The third-order valence-electron chi connectivity index (χ3n) is 5.31. The fourth-order valence-corrected chi connectivity index (χ4v) is 5.78. The van der Waals surface area contributed by atoms with Crippen molar-refractivity contribution < 1.29 is 18.3 Å². The van der Waals surface area contributed by atoms with Crippen LogP contribution in [0.3, 0.4) is 0 Å². The van der Waals surface area contributed by atoms with E-state index in [1.165, 1.54) is 7.11 Å². The lowest BCUT2D eigenvalue weighted by Crippen LogP contribution is -2.41. The van der Waals surface area contributed by atoms with E-state index >= 15 is 0 Å². The van der Waals surface area contributed by atoms with Crippen molar-refractivity contribution in [3.05, 3.63) is 64.8 Å². The van der Waals surface area contributed by atoms with Gasteiger partial charge in [0.2, 0.25) is 4.90 Å². The topological polar surface area (TPSA) is 80.6 Å². The lowest BCUT2D eigenvalue weighted by Gasteiger charge is -2.19. The normalized spacial score (nSPS) is 14.5. The number of hydrogen-bond acceptors (Lipinski definition) is 3. The lowest BCUT2D eigenvalue weighted by molar-refractivity contribution is 0.0601. The SMILES string of the molecule is CC[C@@H](Cn1ccc2cc(C(=O)OC)ccc21)N[S+](=O)(O)c1c(C)cc(C)cc1C. The monoisotopic (exact) mass is 429 g/mol. The summed E-state index contributed by atoms with van der Waals surface area (Å²) >= 11 is 0. The van der Waals surface area contributed by atoms with Crippen LogP contribution in [0.2, 0.25) is 0 Å². The van der Waals surface area contributed by atoms with Crippen LogP contribution in [0.1, 0.15) is 40.4 Å². The number of aryl methyl sites for hydroxylation is 3. The summed E-state index contributed by atoms with van der Waals surface area (Å²) in [6.45, 7) is 8.23. The third kappa shape index (κ3) is 4.48. The molecule has 0 amide bonds. The molecule has 30 heavy (non-hydrogen) atoms. The molecule has 0 aliphatic rings. The maximum Gasteiger partial charge on any atom is 0.337 e. The predicted octanol–water partition coefficient (Wildman–Crippen LogP) is 4.67. The Hall–Kier alpha value is -2.48. The summed E-state index contributed by atoms with van der Waals surface area (Å²) in [5.41, 5.74) is 4.14. The number of esters is 1. The van der Waals surface area contributed by atoms with Crippen molar-refractivity contribution in [2.24, 2.45) is 0 Å². The van der Waals surface area contributed by atoms with Gasteiger partial charge in [-0.3, -0.25) is 0 Å². The van der Waals surface area contributed by atoms with Crippen molar-refractivity contribution in [2.45, 2.75) is 51.6 Å². The van der Waals surface area contributed by atoms with Crippen LogP contribution in [0.25, 0.3) is 10.9 Å². The second-order valence-electron chi connectivity index (χ2n) is 7.71. The number of ether oxygens (including phenoxy) is 1. The van der Waals surface area contributed by atoms with Gasteiger partial charge in [0, 0.05) is 34.8 Å². The van der Waals surface area contributed by atoms with Gasteiger partial charge in [-0.15, -0.1) is 0 Å². The molecule has 1 heterocycles. The van der Waals surface area contributed by atoms with E-state index < -0.39 is 10.4 Å². The highest BCUT2D eigenvalue weighted by molar-refractivity contribution is 7.96. The Morgan fingerprint density at radius 2 is 1.83 bits per heavy atom. The second-order valence-corrected chi connectivity index (χ2v) is 9.41. The number of nitrogens with zero attached hydrogens (tertiary/aromatic N) is 1. The van der Waals surface area contributed by atoms with Crippen LogP contribution < -0.4 is 4.72 Å². The molecule has 0 fully saturated rings. The lowest BCUT2D eigenvalue weighted by atomic mass is 10.1. The molecule has 0 saturated heterocycles. The third-order valence-corrected chi connectivity index (χ3v) is 7.16. The quantitative estimate of drug-likeness (QED) is 0.423. The number of nitrogens with one attached hydrogen (secondary N) is 1. The first-order chi connectivity index (χ1) is 14.2. The molecule has 2 atom stereocenters. The van der Waals surface area contributed by atoms with Gasteiger partial charge in [-0.1, -0.05) is 29.3 Å². The molecule has 3 rings (SSSR count). The van der Waals surface area contributed by atoms with Crippen LogP contribution in [-0.2, 0) is 25.9 Å². The first kappa shape index (κ1) is 22.2. The minimum atomic E-state index is -3.40. The molecule has 3 aromatic rings. The summed E-state index contributed by atoms with van der Waals surface area (Å²) in [6, 6.07) is 11.0. The molecule has 1 aromatic heterocycles. The minimum Gasteiger partial charge on any atom is -0.465 e. The van der Waals surface area contributed by atoms with E-state index in [1.54, 1.807) is 12.1 Å². The van der Waals surface area contributed by atoms with E-state index in [-0.39, 0.29) is 12.0 Å².